The average molecular weight is 273 g/mol. The molecule has 19 heavy (non-hydrogen) atoms. The normalized spacial score (nSPS) is 10.8. The summed E-state index contributed by atoms with van der Waals surface area (Å²) in [4.78, 5) is 12.0. The van der Waals surface area contributed by atoms with Crippen LogP contribution in [0.5, 0.6) is 5.75 Å². The van der Waals surface area contributed by atoms with Gasteiger partial charge in [-0.25, -0.2) is 0 Å². The molecule has 1 heterocycles. The number of rotatable bonds is 1. The average Bonchev–Trinajstić information content (AvgIpc) is 2.40. The first kappa shape index (κ1) is 11.8. The zero-order valence-corrected chi connectivity index (χ0v) is 10.5. The Balaban J connectivity index is 2.24. The fraction of sp³-hybridized carbons (Fsp3) is 0. The molecule has 4 heteroatoms. The Morgan fingerprint density at radius 2 is 1.74 bits per heavy atom. The Hall–Kier alpha value is -2.26. The lowest BCUT2D eigenvalue weighted by molar-refractivity contribution is 0.475. The summed E-state index contributed by atoms with van der Waals surface area (Å²) >= 11 is 5.82. The molecule has 0 saturated carbocycles. The lowest BCUT2D eigenvalue weighted by Crippen LogP contribution is -1.99. The zero-order valence-electron chi connectivity index (χ0n) is 9.76. The van der Waals surface area contributed by atoms with E-state index >= 15 is 0 Å². The van der Waals surface area contributed by atoms with E-state index in [0.29, 0.717) is 21.8 Å². The first-order valence-electron chi connectivity index (χ1n) is 5.66. The van der Waals surface area contributed by atoms with Gasteiger partial charge in [-0.15, -0.1) is 0 Å². The maximum Gasteiger partial charge on any atom is 0.193 e. The second-order valence-electron chi connectivity index (χ2n) is 4.16. The summed E-state index contributed by atoms with van der Waals surface area (Å²) in [7, 11) is 0. The Morgan fingerprint density at radius 1 is 1.00 bits per heavy atom. The second kappa shape index (κ2) is 4.44. The van der Waals surface area contributed by atoms with Crippen molar-refractivity contribution in [2.75, 3.05) is 0 Å². The minimum absolute atomic E-state index is 0.0408. The number of hydrogen-bond donors (Lipinski definition) is 1. The minimum atomic E-state index is -0.192. The van der Waals surface area contributed by atoms with Gasteiger partial charge in [0.05, 0.1) is 5.39 Å². The summed E-state index contributed by atoms with van der Waals surface area (Å²) in [5, 5.41) is 10.4. The standard InChI is InChI=1S/C15H9ClO3/c16-10-3-1-9(2-4-10)15-8-13(18)12-7-11(17)5-6-14(12)19-15/h1-8,17H. The first-order chi connectivity index (χ1) is 9.13. The van der Waals surface area contributed by atoms with Crippen LogP contribution in [-0.4, -0.2) is 5.11 Å². The van der Waals surface area contributed by atoms with E-state index in [-0.39, 0.29) is 11.2 Å². The van der Waals surface area contributed by atoms with E-state index in [1.807, 2.05) is 0 Å². The van der Waals surface area contributed by atoms with Crippen molar-refractivity contribution in [3.05, 3.63) is 63.8 Å². The van der Waals surface area contributed by atoms with Crippen molar-refractivity contribution >= 4 is 22.6 Å². The topological polar surface area (TPSA) is 50.4 Å². The fourth-order valence-corrected chi connectivity index (χ4v) is 2.03. The lowest BCUT2D eigenvalue weighted by atomic mass is 10.1. The molecular weight excluding hydrogens is 264 g/mol. The second-order valence-corrected chi connectivity index (χ2v) is 4.60. The van der Waals surface area contributed by atoms with Gasteiger partial charge in [-0.05, 0) is 42.5 Å². The smallest absolute Gasteiger partial charge is 0.193 e. The van der Waals surface area contributed by atoms with E-state index in [2.05, 4.69) is 0 Å². The van der Waals surface area contributed by atoms with Gasteiger partial charge >= 0.3 is 0 Å². The van der Waals surface area contributed by atoms with Gasteiger partial charge < -0.3 is 9.52 Å². The van der Waals surface area contributed by atoms with Crippen LogP contribution in [0.15, 0.2) is 57.7 Å². The summed E-state index contributed by atoms with van der Waals surface area (Å²) in [5.41, 5.74) is 1.02. The molecule has 0 radical (unpaired) electrons. The molecule has 2 aromatic carbocycles. The molecule has 0 atom stereocenters. The summed E-state index contributed by atoms with van der Waals surface area (Å²) in [6.45, 7) is 0. The molecule has 0 aliphatic carbocycles. The van der Waals surface area contributed by atoms with Gasteiger partial charge in [-0.2, -0.15) is 0 Å². The molecule has 0 spiro atoms. The molecule has 0 aliphatic rings. The third-order valence-electron chi connectivity index (χ3n) is 2.84. The molecule has 1 N–H and O–H groups in total. The Bertz CT molecular complexity index is 804. The van der Waals surface area contributed by atoms with Crippen molar-refractivity contribution in [2.45, 2.75) is 0 Å². The number of benzene rings is 2. The zero-order chi connectivity index (χ0) is 13.4. The Morgan fingerprint density at radius 3 is 2.47 bits per heavy atom. The van der Waals surface area contributed by atoms with Gasteiger partial charge in [0.2, 0.25) is 0 Å². The quantitative estimate of drug-likeness (QED) is 0.733. The highest BCUT2D eigenvalue weighted by Crippen LogP contribution is 2.25. The minimum Gasteiger partial charge on any atom is -0.508 e. The van der Waals surface area contributed by atoms with Crippen molar-refractivity contribution in [1.29, 1.82) is 0 Å². The van der Waals surface area contributed by atoms with E-state index in [1.54, 1.807) is 30.3 Å². The van der Waals surface area contributed by atoms with Gasteiger partial charge in [0.15, 0.2) is 5.43 Å². The van der Waals surface area contributed by atoms with Crippen LogP contribution in [0.25, 0.3) is 22.3 Å². The number of phenols is 1. The molecule has 0 aliphatic heterocycles. The van der Waals surface area contributed by atoms with Crippen LogP contribution < -0.4 is 5.43 Å². The van der Waals surface area contributed by atoms with Crippen molar-refractivity contribution in [3.8, 4) is 17.1 Å². The van der Waals surface area contributed by atoms with Crippen molar-refractivity contribution in [1.82, 2.24) is 0 Å². The number of hydrogen-bond acceptors (Lipinski definition) is 3. The molecule has 0 bridgehead atoms. The summed E-state index contributed by atoms with van der Waals surface area (Å²) < 4.78 is 5.67. The maximum atomic E-state index is 12.0. The molecule has 1 aromatic heterocycles. The van der Waals surface area contributed by atoms with Gasteiger partial charge in [0.25, 0.3) is 0 Å². The van der Waals surface area contributed by atoms with Crippen molar-refractivity contribution in [2.24, 2.45) is 0 Å². The van der Waals surface area contributed by atoms with Crippen molar-refractivity contribution in [3.63, 3.8) is 0 Å². The molecule has 0 amide bonds. The third-order valence-corrected chi connectivity index (χ3v) is 3.09. The van der Waals surface area contributed by atoms with Crippen molar-refractivity contribution < 1.29 is 9.52 Å². The van der Waals surface area contributed by atoms with E-state index in [0.717, 1.165) is 5.56 Å². The predicted molar refractivity (Wildman–Crippen MR) is 74.6 cm³/mol. The predicted octanol–water partition coefficient (Wildman–Crippen LogP) is 3.82. The Kier molecular flexibility index (Phi) is 2.76. The SMILES string of the molecule is O=c1cc(-c2ccc(Cl)cc2)oc2ccc(O)cc12. The molecule has 94 valence electrons. The van der Waals surface area contributed by atoms with Gasteiger partial charge in [0, 0.05) is 16.7 Å². The van der Waals surface area contributed by atoms with E-state index in [9.17, 15) is 9.90 Å². The number of fused-ring (bicyclic) bond motifs is 1. The van der Waals surface area contributed by atoms with Crippen LogP contribution in [0.4, 0.5) is 0 Å². The molecule has 3 nitrogen and oxygen atoms in total. The third kappa shape index (κ3) is 2.20. The number of halogens is 1. The van der Waals surface area contributed by atoms with Gasteiger partial charge in [-0.3, -0.25) is 4.79 Å². The van der Waals surface area contributed by atoms with E-state index in [1.165, 1.54) is 18.2 Å². The van der Waals surface area contributed by atoms with Gasteiger partial charge in [-0.1, -0.05) is 11.6 Å². The fourth-order valence-electron chi connectivity index (χ4n) is 1.90. The van der Waals surface area contributed by atoms with Gasteiger partial charge in [0.1, 0.15) is 17.1 Å². The highest BCUT2D eigenvalue weighted by molar-refractivity contribution is 6.30. The first-order valence-corrected chi connectivity index (χ1v) is 6.04. The van der Waals surface area contributed by atoms with Crippen LogP contribution in [0.1, 0.15) is 0 Å². The highest BCUT2D eigenvalue weighted by atomic mass is 35.5. The summed E-state index contributed by atoms with van der Waals surface area (Å²) in [6.07, 6.45) is 0. The largest absolute Gasteiger partial charge is 0.508 e. The van der Waals surface area contributed by atoms with Crippen LogP contribution >= 0.6 is 11.6 Å². The summed E-state index contributed by atoms with van der Waals surface area (Å²) in [6, 6.07) is 12.9. The van der Waals surface area contributed by atoms with Crippen LogP contribution in [-0.2, 0) is 0 Å². The molecule has 3 aromatic rings. The van der Waals surface area contributed by atoms with E-state index < -0.39 is 0 Å². The Labute approximate surface area is 113 Å². The number of aromatic hydroxyl groups is 1. The van der Waals surface area contributed by atoms with Crippen LogP contribution in [0, 0.1) is 0 Å². The molecule has 3 rings (SSSR count). The summed E-state index contributed by atoms with van der Waals surface area (Å²) in [5.74, 6) is 0.513. The highest BCUT2D eigenvalue weighted by Gasteiger charge is 2.07. The van der Waals surface area contributed by atoms with Crippen LogP contribution in [0.3, 0.4) is 0 Å². The lowest BCUT2D eigenvalue weighted by Gasteiger charge is -2.03. The van der Waals surface area contributed by atoms with E-state index in [4.69, 9.17) is 16.0 Å². The molecule has 0 saturated heterocycles. The molecule has 0 fully saturated rings. The molecular formula is C15H9ClO3. The molecule has 0 unspecified atom stereocenters. The number of phenolic OH excluding ortho intramolecular Hbond substituents is 1. The monoisotopic (exact) mass is 272 g/mol. The van der Waals surface area contributed by atoms with Crippen LogP contribution in [0.2, 0.25) is 5.02 Å². The maximum absolute atomic E-state index is 12.0.